The smallest absolute Gasteiger partial charge is 0.339 e. The number of para-hydroxylation sites is 1. The van der Waals surface area contributed by atoms with Gasteiger partial charge in [0.1, 0.15) is 5.00 Å². The molecule has 3 aromatic rings. The van der Waals surface area contributed by atoms with Crippen LogP contribution in [0.1, 0.15) is 22.8 Å². The molecule has 0 atom stereocenters. The highest BCUT2D eigenvalue weighted by Crippen LogP contribution is 2.25. The lowest BCUT2D eigenvalue weighted by Crippen LogP contribution is -2.33. The SMILES string of the molecule is CCOC(=O)c1csc(-n2c(=O)[nH]c3ccccc3c2=O)c1C. The van der Waals surface area contributed by atoms with E-state index in [2.05, 4.69) is 4.98 Å². The second-order valence-electron chi connectivity index (χ2n) is 4.92. The van der Waals surface area contributed by atoms with Crippen LogP contribution in [0.2, 0.25) is 0 Å². The molecule has 2 aromatic heterocycles. The molecule has 118 valence electrons. The van der Waals surface area contributed by atoms with E-state index in [9.17, 15) is 14.4 Å². The van der Waals surface area contributed by atoms with Gasteiger partial charge in [0.15, 0.2) is 0 Å². The molecule has 1 aromatic carbocycles. The van der Waals surface area contributed by atoms with Crippen LogP contribution >= 0.6 is 11.3 Å². The van der Waals surface area contributed by atoms with Crippen molar-refractivity contribution in [1.29, 1.82) is 0 Å². The third-order valence-electron chi connectivity index (χ3n) is 3.52. The van der Waals surface area contributed by atoms with Gasteiger partial charge in [-0.15, -0.1) is 11.3 Å². The van der Waals surface area contributed by atoms with Gasteiger partial charge in [0.25, 0.3) is 5.56 Å². The summed E-state index contributed by atoms with van der Waals surface area (Å²) in [6, 6.07) is 6.81. The van der Waals surface area contributed by atoms with Crippen LogP contribution in [0.15, 0.2) is 39.2 Å². The second-order valence-corrected chi connectivity index (χ2v) is 5.77. The predicted octanol–water partition coefficient (Wildman–Crippen LogP) is 2.23. The maximum Gasteiger partial charge on any atom is 0.339 e. The summed E-state index contributed by atoms with van der Waals surface area (Å²) in [5, 5.41) is 2.44. The number of esters is 1. The van der Waals surface area contributed by atoms with Crippen molar-refractivity contribution in [3.05, 3.63) is 61.6 Å². The summed E-state index contributed by atoms with van der Waals surface area (Å²) in [5.74, 6) is -0.460. The van der Waals surface area contributed by atoms with Gasteiger partial charge >= 0.3 is 11.7 Å². The molecular weight excluding hydrogens is 316 g/mol. The van der Waals surface area contributed by atoms with Gasteiger partial charge in [0.2, 0.25) is 0 Å². The molecule has 23 heavy (non-hydrogen) atoms. The maximum absolute atomic E-state index is 12.6. The molecule has 1 N–H and O–H groups in total. The van der Waals surface area contributed by atoms with Crippen LogP contribution in [-0.2, 0) is 4.74 Å². The zero-order valence-corrected chi connectivity index (χ0v) is 13.4. The number of fused-ring (bicyclic) bond motifs is 1. The highest BCUT2D eigenvalue weighted by atomic mass is 32.1. The molecule has 2 heterocycles. The highest BCUT2D eigenvalue weighted by Gasteiger charge is 2.19. The third kappa shape index (κ3) is 2.49. The van der Waals surface area contributed by atoms with Crippen molar-refractivity contribution in [3.63, 3.8) is 0 Å². The molecule has 0 amide bonds. The van der Waals surface area contributed by atoms with E-state index in [0.29, 0.717) is 27.0 Å². The molecule has 0 radical (unpaired) electrons. The topological polar surface area (TPSA) is 81.2 Å². The van der Waals surface area contributed by atoms with Crippen molar-refractivity contribution in [2.75, 3.05) is 6.61 Å². The Morgan fingerprint density at radius 2 is 2.04 bits per heavy atom. The first-order valence-corrected chi connectivity index (χ1v) is 7.92. The molecule has 0 fully saturated rings. The largest absolute Gasteiger partial charge is 0.462 e. The number of benzene rings is 1. The third-order valence-corrected chi connectivity index (χ3v) is 4.58. The second kappa shape index (κ2) is 5.85. The van der Waals surface area contributed by atoms with Crippen LogP contribution in [-0.4, -0.2) is 22.1 Å². The van der Waals surface area contributed by atoms with Gasteiger partial charge in [-0.25, -0.2) is 14.2 Å². The molecule has 0 saturated heterocycles. The average molecular weight is 330 g/mol. The predicted molar refractivity (Wildman–Crippen MR) is 88.7 cm³/mol. The molecule has 0 unspecified atom stereocenters. The quantitative estimate of drug-likeness (QED) is 0.747. The number of thiophene rings is 1. The summed E-state index contributed by atoms with van der Waals surface area (Å²) in [7, 11) is 0. The maximum atomic E-state index is 12.6. The van der Waals surface area contributed by atoms with Crippen molar-refractivity contribution in [2.24, 2.45) is 0 Å². The first-order valence-electron chi connectivity index (χ1n) is 7.04. The van der Waals surface area contributed by atoms with E-state index in [4.69, 9.17) is 4.74 Å². The van der Waals surface area contributed by atoms with Gasteiger partial charge in [-0.3, -0.25) is 4.79 Å². The molecule has 3 rings (SSSR count). The van der Waals surface area contributed by atoms with Gasteiger partial charge in [-0.1, -0.05) is 12.1 Å². The van der Waals surface area contributed by atoms with Crippen molar-refractivity contribution in [1.82, 2.24) is 9.55 Å². The molecule has 7 heteroatoms. The van der Waals surface area contributed by atoms with E-state index in [0.717, 1.165) is 15.9 Å². The fourth-order valence-corrected chi connectivity index (χ4v) is 3.44. The Labute approximate surface area is 135 Å². The van der Waals surface area contributed by atoms with Crippen LogP contribution < -0.4 is 11.2 Å². The molecule has 0 spiro atoms. The zero-order chi connectivity index (χ0) is 16.6. The van der Waals surface area contributed by atoms with Crippen molar-refractivity contribution >= 4 is 28.2 Å². The van der Waals surface area contributed by atoms with Crippen LogP contribution in [0.3, 0.4) is 0 Å². The summed E-state index contributed by atoms with van der Waals surface area (Å²) in [6.45, 7) is 3.68. The number of nitrogens with one attached hydrogen (secondary N) is 1. The van der Waals surface area contributed by atoms with E-state index in [1.165, 1.54) is 0 Å². The van der Waals surface area contributed by atoms with Crippen LogP contribution in [0.5, 0.6) is 0 Å². The van der Waals surface area contributed by atoms with E-state index < -0.39 is 17.2 Å². The normalized spacial score (nSPS) is 10.9. The Balaban J connectivity index is 2.24. The molecule has 0 bridgehead atoms. The molecular formula is C16H14N2O4S. The standard InChI is InChI=1S/C16H14N2O4S/c1-3-22-15(20)11-8-23-14(9(11)2)18-13(19)10-6-4-5-7-12(10)17-16(18)21/h4-8H,3H2,1-2H3,(H,17,21). The number of carbonyl (C=O) groups is 1. The Morgan fingerprint density at radius 3 is 2.78 bits per heavy atom. The first kappa shape index (κ1) is 15.2. The first-order chi connectivity index (χ1) is 11.0. The lowest BCUT2D eigenvalue weighted by atomic mass is 10.2. The van der Waals surface area contributed by atoms with Crippen LogP contribution in [0, 0.1) is 6.92 Å². The number of nitrogens with zero attached hydrogens (tertiary/aromatic N) is 1. The van der Waals surface area contributed by atoms with Gasteiger partial charge in [-0.05, 0) is 31.5 Å². The zero-order valence-electron chi connectivity index (χ0n) is 12.6. The molecule has 0 saturated carbocycles. The minimum Gasteiger partial charge on any atom is -0.462 e. The van der Waals surface area contributed by atoms with E-state index in [1.54, 1.807) is 43.5 Å². The minimum absolute atomic E-state index is 0.264. The van der Waals surface area contributed by atoms with Crippen LogP contribution in [0.4, 0.5) is 0 Å². The van der Waals surface area contributed by atoms with Gasteiger partial charge in [0, 0.05) is 5.38 Å². The molecule has 0 aliphatic heterocycles. The highest BCUT2D eigenvalue weighted by molar-refractivity contribution is 7.13. The van der Waals surface area contributed by atoms with Crippen molar-refractivity contribution in [3.8, 4) is 5.00 Å². The molecule has 6 nitrogen and oxygen atoms in total. The molecule has 0 aliphatic rings. The Bertz CT molecular complexity index is 1010. The number of hydrogen-bond acceptors (Lipinski definition) is 5. The Kier molecular flexibility index (Phi) is 3.87. The number of carbonyl (C=O) groups excluding carboxylic acids is 1. The van der Waals surface area contributed by atoms with E-state index >= 15 is 0 Å². The average Bonchev–Trinajstić information content (AvgIpc) is 2.89. The summed E-state index contributed by atoms with van der Waals surface area (Å²) in [6.07, 6.45) is 0. The minimum atomic E-state index is -0.533. The summed E-state index contributed by atoms with van der Waals surface area (Å²) < 4.78 is 6.04. The number of aromatic nitrogens is 2. The monoisotopic (exact) mass is 330 g/mol. The number of hydrogen-bond donors (Lipinski definition) is 1. The number of ether oxygens (including phenoxy) is 1. The van der Waals surface area contributed by atoms with E-state index in [1.807, 2.05) is 0 Å². The van der Waals surface area contributed by atoms with Crippen molar-refractivity contribution in [2.45, 2.75) is 13.8 Å². The summed E-state index contributed by atoms with van der Waals surface area (Å²) in [5.41, 5.74) is 0.458. The fraction of sp³-hybridized carbons (Fsp3) is 0.188. The Morgan fingerprint density at radius 1 is 1.30 bits per heavy atom. The van der Waals surface area contributed by atoms with Gasteiger partial charge in [0.05, 0.1) is 23.1 Å². The Hall–Kier alpha value is -2.67. The summed E-state index contributed by atoms with van der Waals surface area (Å²) >= 11 is 1.16. The number of aromatic amines is 1. The lowest BCUT2D eigenvalue weighted by molar-refractivity contribution is 0.0526. The number of rotatable bonds is 3. The fourth-order valence-electron chi connectivity index (χ4n) is 2.38. The molecule has 0 aliphatic carbocycles. The summed E-state index contributed by atoms with van der Waals surface area (Å²) in [4.78, 5) is 39.5. The van der Waals surface area contributed by atoms with Gasteiger partial charge in [-0.2, -0.15) is 0 Å². The lowest BCUT2D eigenvalue weighted by Gasteiger charge is -2.06. The van der Waals surface area contributed by atoms with Gasteiger partial charge < -0.3 is 9.72 Å². The van der Waals surface area contributed by atoms with Crippen LogP contribution in [0.25, 0.3) is 15.9 Å². The van der Waals surface area contributed by atoms with E-state index in [-0.39, 0.29) is 6.61 Å². The van der Waals surface area contributed by atoms with Crippen molar-refractivity contribution < 1.29 is 9.53 Å². The number of H-pyrrole nitrogens is 1.